The van der Waals surface area contributed by atoms with Crippen LogP contribution in [0.5, 0.6) is 0 Å². The monoisotopic (exact) mass is 1000 g/mol. The summed E-state index contributed by atoms with van der Waals surface area (Å²) in [7, 11) is -3.33. The van der Waals surface area contributed by atoms with Gasteiger partial charge in [-0.25, -0.2) is 22.2 Å². The second-order valence-corrected chi connectivity index (χ2v) is 26.2. The van der Waals surface area contributed by atoms with E-state index in [1.165, 1.54) is 41.1 Å². The molecule has 0 aliphatic carbocycles. The first-order chi connectivity index (χ1) is 32.2. The first kappa shape index (κ1) is 62.3. The Morgan fingerprint density at radius 3 is 1.21 bits per heavy atom. The summed E-state index contributed by atoms with van der Waals surface area (Å²) in [5.41, 5.74) is 7.46. The van der Waals surface area contributed by atoms with E-state index in [4.69, 9.17) is 9.31 Å². The Labute approximate surface area is 427 Å². The fourth-order valence-electron chi connectivity index (χ4n) is 6.48. The van der Waals surface area contributed by atoms with Gasteiger partial charge in [0, 0.05) is 24.6 Å². The first-order valence-corrected chi connectivity index (χ1v) is 26.2. The van der Waals surface area contributed by atoms with Crippen molar-refractivity contribution in [3.8, 4) is 0 Å². The highest BCUT2D eigenvalue weighted by Gasteiger charge is 2.51. The topological polar surface area (TPSA) is 94.6 Å². The Morgan fingerprint density at radius 1 is 0.549 bits per heavy atom. The van der Waals surface area contributed by atoms with E-state index in [1.54, 1.807) is 36.5 Å². The van der Waals surface area contributed by atoms with E-state index in [1.807, 2.05) is 36.4 Å². The third-order valence-corrected chi connectivity index (χ3v) is 13.3. The lowest BCUT2D eigenvalue weighted by atomic mass is 9.77. The quantitative estimate of drug-likeness (QED) is 0.139. The summed E-state index contributed by atoms with van der Waals surface area (Å²) in [6.45, 7) is 39.7. The van der Waals surface area contributed by atoms with Crippen molar-refractivity contribution in [2.75, 3.05) is 19.5 Å². The fourth-order valence-corrected chi connectivity index (χ4v) is 7.11. The minimum Gasteiger partial charge on any atom is -0.399 e. The number of sulfone groups is 1. The Morgan fingerprint density at radius 2 is 0.887 bits per heavy atom. The zero-order chi connectivity index (χ0) is 54.6. The molecule has 5 aromatic rings. The summed E-state index contributed by atoms with van der Waals surface area (Å²) in [6, 6.07) is 32.9. The molecule has 71 heavy (non-hydrogen) atoms. The molecule has 1 aliphatic rings. The Balaban J connectivity index is 0.000000309. The molecular formula is C59H84BF3N2O5S. The molecule has 4 aromatic carbocycles. The molecule has 1 aromatic heterocycles. The molecule has 1 N–H and O–H groups in total. The van der Waals surface area contributed by atoms with Crippen LogP contribution in [0, 0.1) is 11.8 Å². The van der Waals surface area contributed by atoms with Crippen molar-refractivity contribution in [1.29, 1.82) is 0 Å². The summed E-state index contributed by atoms with van der Waals surface area (Å²) >= 11 is 0. The number of alkyl halides is 1. The van der Waals surface area contributed by atoms with Gasteiger partial charge in [0.05, 0.1) is 16.1 Å². The number of amides is 1. The number of nitrogens with one attached hydrogen (secondary N) is 1. The second-order valence-electron chi connectivity index (χ2n) is 24.2. The van der Waals surface area contributed by atoms with Crippen LogP contribution in [0.2, 0.25) is 0 Å². The number of aromatic nitrogens is 1. The summed E-state index contributed by atoms with van der Waals surface area (Å²) in [5, 5.41) is 2.49. The standard InChI is InChI=1S/C16H25BO2.C13H18FNO.C11H16O2S.C10H13F.C9H12FN/c1-14(2,3)12-8-10-13(11-9-12)17-18-15(4,5)16(6,7)19-17;1-13(2,3)11-6-4-10(5-7-11)12(16)15-9-8-14;1-11(2,3)9-5-7-10(8-6-9)14(4,12)13;1-10(2,3)8-4-6-9(11)7-5-8;1-9(2,3)7-4-5-8(10)11-6-7/h8-11H,1-7H3;4-7H,8-9H2,1-3H3,(H,15,16);5-8H,1-4H3;4-7H,1-3H3;4-6H,1-3H3. The maximum absolute atomic E-state index is 12.5. The van der Waals surface area contributed by atoms with Crippen molar-refractivity contribution in [2.45, 2.75) is 175 Å². The van der Waals surface area contributed by atoms with Crippen LogP contribution >= 0.6 is 0 Å². The van der Waals surface area contributed by atoms with Crippen molar-refractivity contribution in [1.82, 2.24) is 10.3 Å². The SMILES string of the molecule is CC(C)(C)c1ccc(B2OC(C)(C)C(C)(C)O2)cc1.CC(C)(C)c1ccc(C(=O)NCCF)cc1.CC(C)(C)c1ccc(F)cc1.CC(C)(C)c1ccc(F)nc1.CC(C)(C)c1ccc(S(C)(=O)=O)cc1. The van der Waals surface area contributed by atoms with E-state index in [9.17, 15) is 26.4 Å². The van der Waals surface area contributed by atoms with Crippen LogP contribution in [0.4, 0.5) is 13.2 Å². The third kappa shape index (κ3) is 20.7. The van der Waals surface area contributed by atoms with Gasteiger partial charge in [-0.2, -0.15) is 4.39 Å². The highest BCUT2D eigenvalue weighted by molar-refractivity contribution is 7.90. The predicted octanol–water partition coefficient (Wildman–Crippen LogP) is 14.0. The average Bonchev–Trinajstić information content (AvgIpc) is 3.47. The van der Waals surface area contributed by atoms with Gasteiger partial charge in [-0.15, -0.1) is 0 Å². The number of pyridine rings is 1. The van der Waals surface area contributed by atoms with Gasteiger partial charge in [0.2, 0.25) is 5.95 Å². The van der Waals surface area contributed by atoms with Crippen molar-refractivity contribution in [3.63, 3.8) is 0 Å². The number of carbonyl (C=O) groups is 1. The molecule has 6 rings (SSSR count). The molecule has 2 heterocycles. The van der Waals surface area contributed by atoms with Crippen LogP contribution < -0.4 is 10.8 Å². The largest absolute Gasteiger partial charge is 0.494 e. The second kappa shape index (κ2) is 24.8. The highest BCUT2D eigenvalue weighted by Crippen LogP contribution is 2.36. The summed E-state index contributed by atoms with van der Waals surface area (Å²) in [5.74, 6) is -0.811. The molecule has 1 fully saturated rings. The number of benzene rings is 4. The molecule has 390 valence electrons. The van der Waals surface area contributed by atoms with Gasteiger partial charge in [-0.3, -0.25) is 4.79 Å². The fraction of sp³-hybridized carbons (Fsp3) is 0.492. The Hall–Kier alpha value is -4.78. The van der Waals surface area contributed by atoms with Gasteiger partial charge in [0.25, 0.3) is 5.91 Å². The van der Waals surface area contributed by atoms with Gasteiger partial charge in [-0.05, 0) is 131 Å². The minimum absolute atomic E-state index is 0.0562. The summed E-state index contributed by atoms with van der Waals surface area (Å²) < 4.78 is 71.2. The highest BCUT2D eigenvalue weighted by atomic mass is 32.2. The molecule has 1 amide bonds. The molecule has 1 saturated heterocycles. The number of carbonyl (C=O) groups excluding carboxylic acids is 1. The van der Waals surface area contributed by atoms with E-state index < -0.39 is 22.5 Å². The van der Waals surface area contributed by atoms with Crippen molar-refractivity contribution in [3.05, 3.63) is 161 Å². The molecule has 0 unspecified atom stereocenters. The Bertz CT molecular complexity index is 2440. The lowest BCUT2D eigenvalue weighted by Crippen LogP contribution is -2.41. The molecule has 0 atom stereocenters. The zero-order valence-electron chi connectivity index (χ0n) is 46.5. The van der Waals surface area contributed by atoms with Gasteiger partial charge < -0.3 is 14.6 Å². The maximum atomic E-state index is 12.5. The molecule has 7 nitrogen and oxygen atoms in total. The van der Waals surface area contributed by atoms with E-state index >= 15 is 0 Å². The predicted molar refractivity (Wildman–Crippen MR) is 291 cm³/mol. The number of halogens is 3. The van der Waals surface area contributed by atoms with E-state index in [0.717, 1.165) is 16.6 Å². The third-order valence-electron chi connectivity index (χ3n) is 12.1. The average molecular weight is 1000 g/mol. The Kier molecular flexibility index (Phi) is 21.7. The zero-order valence-corrected chi connectivity index (χ0v) is 47.3. The lowest BCUT2D eigenvalue weighted by Gasteiger charge is -2.32. The van der Waals surface area contributed by atoms with Crippen molar-refractivity contribution >= 4 is 28.3 Å². The normalized spacial score (nSPS) is 14.5. The molecule has 1 aliphatic heterocycles. The molecule has 0 saturated carbocycles. The molecule has 0 bridgehead atoms. The van der Waals surface area contributed by atoms with Crippen molar-refractivity contribution < 1.29 is 35.7 Å². The number of rotatable bonds is 5. The number of nitrogens with zero attached hydrogens (tertiary/aromatic N) is 1. The van der Waals surface area contributed by atoms with E-state index in [0.29, 0.717) is 10.5 Å². The van der Waals surface area contributed by atoms with E-state index in [2.05, 4.69) is 166 Å². The molecular weight excluding hydrogens is 917 g/mol. The molecule has 0 spiro atoms. The number of hydrogen-bond acceptors (Lipinski definition) is 6. The van der Waals surface area contributed by atoms with Crippen LogP contribution in [-0.2, 0) is 46.2 Å². The van der Waals surface area contributed by atoms with Gasteiger partial charge >= 0.3 is 7.12 Å². The van der Waals surface area contributed by atoms with Crippen LogP contribution in [0.25, 0.3) is 0 Å². The van der Waals surface area contributed by atoms with E-state index in [-0.39, 0.29) is 63.7 Å². The minimum atomic E-state index is -3.07. The molecule has 12 heteroatoms. The smallest absolute Gasteiger partial charge is 0.399 e. The van der Waals surface area contributed by atoms with Crippen LogP contribution in [-0.4, -0.2) is 57.1 Å². The van der Waals surface area contributed by atoms with Gasteiger partial charge in [0.1, 0.15) is 12.5 Å². The van der Waals surface area contributed by atoms with Crippen LogP contribution in [0.3, 0.4) is 0 Å². The maximum Gasteiger partial charge on any atom is 0.494 e. The summed E-state index contributed by atoms with van der Waals surface area (Å²) in [4.78, 5) is 15.4. The first-order valence-electron chi connectivity index (χ1n) is 24.3. The van der Waals surface area contributed by atoms with Crippen LogP contribution in [0.1, 0.15) is 170 Å². The number of hydrogen-bond donors (Lipinski definition) is 1. The lowest BCUT2D eigenvalue weighted by molar-refractivity contribution is 0.00578. The molecule has 0 radical (unpaired) electrons. The van der Waals surface area contributed by atoms with Gasteiger partial charge in [-0.1, -0.05) is 171 Å². The summed E-state index contributed by atoms with van der Waals surface area (Å²) in [6.07, 6.45) is 2.80. The van der Waals surface area contributed by atoms with Crippen LogP contribution in [0.15, 0.2) is 120 Å². The van der Waals surface area contributed by atoms with Crippen molar-refractivity contribution in [2.24, 2.45) is 0 Å². The van der Waals surface area contributed by atoms with Gasteiger partial charge in [0.15, 0.2) is 9.84 Å².